The van der Waals surface area contributed by atoms with Gasteiger partial charge in [-0.1, -0.05) is 36.4 Å². The minimum Gasteiger partial charge on any atom is -0.497 e. The zero-order chi connectivity index (χ0) is 20.2. The zero-order valence-electron chi connectivity index (χ0n) is 16.4. The number of carbonyl (C=O) groups is 1. The average Bonchev–Trinajstić information content (AvgIpc) is 2.93. The molecule has 0 bridgehead atoms. The second-order valence-corrected chi connectivity index (χ2v) is 8.12. The van der Waals surface area contributed by atoms with Crippen molar-refractivity contribution in [3.05, 3.63) is 83.9 Å². The highest BCUT2D eigenvalue weighted by Crippen LogP contribution is 2.45. The number of hydrogen-bond donors (Lipinski definition) is 1. The van der Waals surface area contributed by atoms with Gasteiger partial charge in [-0.3, -0.25) is 9.79 Å². The molecule has 1 amide bonds. The Morgan fingerprint density at radius 2 is 1.86 bits per heavy atom. The van der Waals surface area contributed by atoms with Crippen molar-refractivity contribution in [2.75, 3.05) is 12.4 Å². The summed E-state index contributed by atoms with van der Waals surface area (Å²) in [6.07, 6.45) is 0.787. The zero-order valence-corrected chi connectivity index (χ0v) is 17.2. The molecule has 0 aromatic heterocycles. The Balaban J connectivity index is 1.74. The summed E-state index contributed by atoms with van der Waals surface area (Å²) in [5, 5.41) is 3.09. The van der Waals surface area contributed by atoms with Gasteiger partial charge in [0.25, 0.3) is 0 Å². The molecule has 0 radical (unpaired) electrons. The molecule has 146 valence electrons. The highest BCUT2D eigenvalue weighted by atomic mass is 32.2. The van der Waals surface area contributed by atoms with Gasteiger partial charge in [-0.25, -0.2) is 0 Å². The summed E-state index contributed by atoms with van der Waals surface area (Å²) in [5.74, 6) is 0.770. The molecule has 1 heterocycles. The summed E-state index contributed by atoms with van der Waals surface area (Å²) in [4.78, 5) is 17.6. The van der Waals surface area contributed by atoms with Crippen LogP contribution in [0.3, 0.4) is 0 Å². The number of amides is 1. The monoisotopic (exact) mass is 402 g/mol. The third kappa shape index (κ3) is 4.51. The number of aliphatic imine (C=N–C) groups is 1. The Kier molecular flexibility index (Phi) is 5.67. The van der Waals surface area contributed by atoms with Gasteiger partial charge >= 0.3 is 0 Å². The molecule has 0 saturated heterocycles. The Hall–Kier alpha value is -3.05. The highest BCUT2D eigenvalue weighted by molar-refractivity contribution is 7.99. The molecular weight excluding hydrogens is 380 g/mol. The molecule has 0 fully saturated rings. The second kappa shape index (κ2) is 8.53. The number of anilines is 1. The average molecular weight is 403 g/mol. The number of methoxy groups -OCH3 is 1. The Bertz CT molecular complexity index is 1060. The summed E-state index contributed by atoms with van der Waals surface area (Å²) in [7, 11) is 1.68. The van der Waals surface area contributed by atoms with Crippen molar-refractivity contribution in [1.82, 2.24) is 0 Å². The van der Waals surface area contributed by atoms with Crippen molar-refractivity contribution in [1.29, 1.82) is 0 Å². The van der Waals surface area contributed by atoms with E-state index in [4.69, 9.17) is 9.73 Å². The van der Waals surface area contributed by atoms with E-state index in [1.165, 1.54) is 17.4 Å². The van der Waals surface area contributed by atoms with E-state index in [0.717, 1.165) is 34.8 Å². The SMILES string of the molecule is COc1ccc([C@@H]2CC(c3cccc(NC(C)=O)c3)=Nc3ccccc3S2)cc1. The van der Waals surface area contributed by atoms with Crippen molar-refractivity contribution in [3.8, 4) is 5.75 Å². The molecule has 0 unspecified atom stereocenters. The number of nitrogens with zero attached hydrogens (tertiary/aromatic N) is 1. The Morgan fingerprint density at radius 1 is 1.07 bits per heavy atom. The van der Waals surface area contributed by atoms with Gasteiger partial charge < -0.3 is 10.1 Å². The number of ether oxygens (including phenoxy) is 1. The maximum Gasteiger partial charge on any atom is 0.221 e. The number of carbonyl (C=O) groups excluding carboxylic acids is 1. The lowest BCUT2D eigenvalue weighted by Gasteiger charge is -2.17. The predicted molar refractivity (Wildman–Crippen MR) is 120 cm³/mol. The van der Waals surface area contributed by atoms with Crippen LogP contribution in [0.15, 0.2) is 82.7 Å². The minimum atomic E-state index is -0.0815. The van der Waals surface area contributed by atoms with Crippen LogP contribution in [0.5, 0.6) is 5.75 Å². The fraction of sp³-hybridized carbons (Fsp3) is 0.167. The van der Waals surface area contributed by atoms with Crippen LogP contribution in [0, 0.1) is 0 Å². The highest BCUT2D eigenvalue weighted by Gasteiger charge is 2.22. The third-order valence-electron chi connectivity index (χ3n) is 4.77. The number of nitrogens with one attached hydrogen (secondary N) is 1. The minimum absolute atomic E-state index is 0.0815. The standard InChI is InChI=1S/C24H22N2O2S/c1-16(27)25-19-7-5-6-18(14-19)22-15-24(17-10-12-20(28-2)13-11-17)29-23-9-4-3-8-21(23)26-22/h3-14,24H,15H2,1-2H3,(H,25,27)/t24-/m0/s1. The first kappa shape index (κ1) is 19.3. The van der Waals surface area contributed by atoms with E-state index in [2.05, 4.69) is 35.6 Å². The topological polar surface area (TPSA) is 50.7 Å². The van der Waals surface area contributed by atoms with Crippen molar-refractivity contribution < 1.29 is 9.53 Å². The molecule has 5 heteroatoms. The summed E-state index contributed by atoms with van der Waals surface area (Å²) in [5.41, 5.74) is 5.03. The normalized spacial score (nSPS) is 15.7. The first-order valence-corrected chi connectivity index (χ1v) is 10.4. The van der Waals surface area contributed by atoms with Crippen LogP contribution in [0.2, 0.25) is 0 Å². The van der Waals surface area contributed by atoms with Crippen LogP contribution in [0.4, 0.5) is 11.4 Å². The first-order valence-electron chi connectivity index (χ1n) is 9.47. The molecule has 1 aliphatic heterocycles. The van der Waals surface area contributed by atoms with E-state index in [9.17, 15) is 4.79 Å². The molecule has 1 N–H and O–H groups in total. The van der Waals surface area contributed by atoms with Gasteiger partial charge in [-0.2, -0.15) is 0 Å². The molecule has 3 aromatic carbocycles. The van der Waals surface area contributed by atoms with Gasteiger partial charge in [0.2, 0.25) is 5.91 Å². The largest absolute Gasteiger partial charge is 0.497 e. The van der Waals surface area contributed by atoms with Crippen LogP contribution < -0.4 is 10.1 Å². The van der Waals surface area contributed by atoms with E-state index in [1.807, 2.05) is 54.2 Å². The maximum atomic E-state index is 11.5. The van der Waals surface area contributed by atoms with Gasteiger partial charge in [-0.05, 0) is 47.5 Å². The van der Waals surface area contributed by atoms with Crippen LogP contribution in [-0.4, -0.2) is 18.7 Å². The lowest BCUT2D eigenvalue weighted by Crippen LogP contribution is -2.09. The molecule has 0 aliphatic carbocycles. The Morgan fingerprint density at radius 3 is 2.62 bits per heavy atom. The van der Waals surface area contributed by atoms with Crippen LogP contribution in [-0.2, 0) is 4.79 Å². The van der Waals surface area contributed by atoms with Gasteiger partial charge in [0.15, 0.2) is 0 Å². The second-order valence-electron chi connectivity index (χ2n) is 6.87. The summed E-state index contributed by atoms with van der Waals surface area (Å²) >= 11 is 1.83. The van der Waals surface area contributed by atoms with Gasteiger partial charge in [0.05, 0.1) is 12.8 Å². The summed E-state index contributed by atoms with van der Waals surface area (Å²) in [6.45, 7) is 1.52. The molecule has 4 rings (SSSR count). The third-order valence-corrected chi connectivity index (χ3v) is 6.09. The quantitative estimate of drug-likeness (QED) is 0.581. The van der Waals surface area contributed by atoms with Gasteiger partial charge in [-0.15, -0.1) is 11.8 Å². The summed E-state index contributed by atoms with van der Waals surface area (Å²) in [6, 6.07) is 24.4. The smallest absolute Gasteiger partial charge is 0.221 e. The molecular formula is C24H22N2O2S. The molecule has 1 atom stereocenters. The van der Waals surface area contributed by atoms with E-state index >= 15 is 0 Å². The van der Waals surface area contributed by atoms with Crippen LogP contribution >= 0.6 is 11.8 Å². The molecule has 4 nitrogen and oxygen atoms in total. The number of benzene rings is 3. The molecule has 0 spiro atoms. The summed E-state index contributed by atoms with van der Waals surface area (Å²) < 4.78 is 5.31. The van der Waals surface area contributed by atoms with E-state index in [-0.39, 0.29) is 11.2 Å². The van der Waals surface area contributed by atoms with E-state index in [1.54, 1.807) is 7.11 Å². The van der Waals surface area contributed by atoms with Crippen molar-refractivity contribution in [3.63, 3.8) is 0 Å². The number of thioether (sulfide) groups is 1. The fourth-order valence-corrected chi connectivity index (χ4v) is 4.61. The van der Waals surface area contributed by atoms with Crippen molar-refractivity contribution in [2.45, 2.75) is 23.5 Å². The van der Waals surface area contributed by atoms with Gasteiger partial charge in [0.1, 0.15) is 5.75 Å². The lowest BCUT2D eigenvalue weighted by molar-refractivity contribution is -0.114. The molecule has 29 heavy (non-hydrogen) atoms. The molecule has 1 aliphatic rings. The number of hydrogen-bond acceptors (Lipinski definition) is 4. The molecule has 0 saturated carbocycles. The Labute approximate surface area is 175 Å². The molecule has 3 aromatic rings. The van der Waals surface area contributed by atoms with Crippen LogP contribution in [0.25, 0.3) is 0 Å². The maximum absolute atomic E-state index is 11.5. The van der Waals surface area contributed by atoms with Crippen molar-refractivity contribution in [2.24, 2.45) is 4.99 Å². The van der Waals surface area contributed by atoms with E-state index in [0.29, 0.717) is 0 Å². The van der Waals surface area contributed by atoms with Crippen molar-refractivity contribution >= 4 is 34.8 Å². The number of rotatable bonds is 4. The lowest BCUT2D eigenvalue weighted by atomic mass is 10.0. The van der Waals surface area contributed by atoms with Crippen LogP contribution in [0.1, 0.15) is 29.7 Å². The fourth-order valence-electron chi connectivity index (χ4n) is 3.38. The number of fused-ring (bicyclic) bond motifs is 1. The van der Waals surface area contributed by atoms with Gasteiger partial charge in [0, 0.05) is 34.9 Å². The number of para-hydroxylation sites is 1. The first-order chi connectivity index (χ1) is 14.1. The predicted octanol–water partition coefficient (Wildman–Crippen LogP) is 6.01. The van der Waals surface area contributed by atoms with E-state index < -0.39 is 0 Å².